The predicted molar refractivity (Wildman–Crippen MR) is 83.9 cm³/mol. The van der Waals surface area contributed by atoms with Crippen molar-refractivity contribution in [3.05, 3.63) is 29.8 Å². The van der Waals surface area contributed by atoms with E-state index in [0.717, 1.165) is 12.2 Å². The van der Waals surface area contributed by atoms with Crippen molar-refractivity contribution in [2.24, 2.45) is 5.41 Å². The number of benzene rings is 1. The molecule has 0 fully saturated rings. The second-order valence-corrected chi connectivity index (χ2v) is 7.29. The molecule has 110 valence electrons. The molecule has 1 atom stereocenters. The summed E-state index contributed by atoms with van der Waals surface area (Å²) in [5.74, 6) is 0.772. The average molecular weight is 273 g/mol. The van der Waals surface area contributed by atoms with Crippen molar-refractivity contribution in [3.8, 4) is 11.8 Å². The molecule has 0 aliphatic rings. The summed E-state index contributed by atoms with van der Waals surface area (Å²) < 4.78 is 5.62. The highest BCUT2D eigenvalue weighted by Gasteiger charge is 2.27. The van der Waals surface area contributed by atoms with Gasteiger partial charge in [-0.25, -0.2) is 0 Å². The van der Waals surface area contributed by atoms with Crippen molar-refractivity contribution in [3.63, 3.8) is 0 Å². The van der Waals surface area contributed by atoms with Gasteiger partial charge in [-0.1, -0.05) is 53.7 Å². The van der Waals surface area contributed by atoms with Gasteiger partial charge >= 0.3 is 0 Å². The molecule has 0 heterocycles. The quantitative estimate of drug-likeness (QED) is 0.749. The van der Waals surface area contributed by atoms with E-state index in [0.29, 0.717) is 11.8 Å². The van der Waals surface area contributed by atoms with Crippen molar-refractivity contribution < 1.29 is 4.74 Å². The average Bonchev–Trinajstić information content (AvgIpc) is 2.33. The molecule has 20 heavy (non-hydrogen) atoms. The molecule has 0 spiro atoms. The molecule has 0 bridgehead atoms. The van der Waals surface area contributed by atoms with Gasteiger partial charge in [0.15, 0.2) is 6.10 Å². The Bertz CT molecular complexity index is 460. The summed E-state index contributed by atoms with van der Waals surface area (Å²) in [6.07, 6.45) is 1.47. The van der Waals surface area contributed by atoms with Crippen molar-refractivity contribution in [2.75, 3.05) is 0 Å². The van der Waals surface area contributed by atoms with Gasteiger partial charge in [0.05, 0.1) is 0 Å². The van der Waals surface area contributed by atoms with Crippen LogP contribution in [0.1, 0.15) is 59.9 Å². The van der Waals surface area contributed by atoms with E-state index in [4.69, 9.17) is 10.00 Å². The van der Waals surface area contributed by atoms with Gasteiger partial charge in [0, 0.05) is 0 Å². The Morgan fingerprint density at radius 1 is 1.10 bits per heavy atom. The molecule has 1 aromatic rings. The standard InChI is InChI=1S/C18H27NO/c1-7-15(12-19)20-16-10-8-14(9-11-16)18(5,6)13-17(2,3)4/h8-11,15H,7,13H2,1-6H3. The predicted octanol–water partition coefficient (Wildman–Crippen LogP) is 5.08. The van der Waals surface area contributed by atoms with Crippen molar-refractivity contribution in [1.82, 2.24) is 0 Å². The minimum absolute atomic E-state index is 0.135. The molecule has 0 N–H and O–H groups in total. The summed E-state index contributed by atoms with van der Waals surface area (Å²) >= 11 is 0. The molecule has 0 aliphatic carbocycles. The minimum atomic E-state index is -0.358. The van der Waals surface area contributed by atoms with Crippen LogP contribution < -0.4 is 4.74 Å². The van der Waals surface area contributed by atoms with E-state index in [-0.39, 0.29) is 11.5 Å². The van der Waals surface area contributed by atoms with Gasteiger partial charge in [0.2, 0.25) is 0 Å². The highest BCUT2D eigenvalue weighted by Crippen LogP contribution is 2.36. The molecular weight excluding hydrogens is 246 g/mol. The highest BCUT2D eigenvalue weighted by molar-refractivity contribution is 5.32. The Labute approximate surface area is 123 Å². The number of nitrogens with zero attached hydrogens (tertiary/aromatic N) is 1. The normalized spacial score (nSPS) is 13.7. The number of hydrogen-bond donors (Lipinski definition) is 0. The first-order chi connectivity index (χ1) is 9.18. The van der Waals surface area contributed by atoms with E-state index in [1.165, 1.54) is 5.56 Å². The zero-order valence-electron chi connectivity index (χ0n) is 13.7. The third-order valence-electron chi connectivity index (χ3n) is 3.40. The highest BCUT2D eigenvalue weighted by atomic mass is 16.5. The largest absolute Gasteiger partial charge is 0.476 e. The SMILES string of the molecule is CCC(C#N)Oc1ccc(C(C)(C)CC(C)(C)C)cc1. The van der Waals surface area contributed by atoms with E-state index < -0.39 is 0 Å². The van der Waals surface area contributed by atoms with Crippen LogP contribution in [0, 0.1) is 16.7 Å². The summed E-state index contributed by atoms with van der Waals surface area (Å²) in [6.45, 7) is 13.3. The van der Waals surface area contributed by atoms with Gasteiger partial charge in [-0.05, 0) is 41.4 Å². The zero-order valence-corrected chi connectivity index (χ0v) is 13.7. The summed E-state index contributed by atoms with van der Waals surface area (Å²) in [5.41, 5.74) is 1.74. The Balaban J connectivity index is 2.83. The van der Waals surface area contributed by atoms with Gasteiger partial charge in [-0.15, -0.1) is 0 Å². The Morgan fingerprint density at radius 2 is 1.65 bits per heavy atom. The molecule has 2 nitrogen and oxygen atoms in total. The maximum Gasteiger partial charge on any atom is 0.184 e. The summed E-state index contributed by atoms with van der Waals surface area (Å²) in [6, 6.07) is 10.3. The van der Waals surface area contributed by atoms with E-state index in [9.17, 15) is 0 Å². The van der Waals surface area contributed by atoms with E-state index >= 15 is 0 Å². The molecule has 0 radical (unpaired) electrons. The summed E-state index contributed by atoms with van der Waals surface area (Å²) in [7, 11) is 0. The van der Waals surface area contributed by atoms with E-state index in [1.807, 2.05) is 19.1 Å². The van der Waals surface area contributed by atoms with Gasteiger partial charge < -0.3 is 4.74 Å². The number of rotatable bonds is 5. The van der Waals surface area contributed by atoms with Crippen LogP contribution in [-0.4, -0.2) is 6.10 Å². The Hall–Kier alpha value is -1.49. The molecule has 0 aliphatic heterocycles. The molecule has 1 rings (SSSR count). The number of hydrogen-bond acceptors (Lipinski definition) is 2. The van der Waals surface area contributed by atoms with Gasteiger partial charge in [0.1, 0.15) is 11.8 Å². The summed E-state index contributed by atoms with van der Waals surface area (Å²) in [5, 5.41) is 8.92. The maximum atomic E-state index is 8.92. The van der Waals surface area contributed by atoms with Crippen LogP contribution in [0.25, 0.3) is 0 Å². The lowest BCUT2D eigenvalue weighted by Gasteiger charge is -2.33. The van der Waals surface area contributed by atoms with E-state index in [2.05, 4.69) is 52.8 Å². The lowest BCUT2D eigenvalue weighted by molar-refractivity contribution is 0.251. The van der Waals surface area contributed by atoms with Gasteiger partial charge in [0.25, 0.3) is 0 Å². The lowest BCUT2D eigenvalue weighted by atomic mass is 9.72. The second kappa shape index (κ2) is 6.31. The molecule has 0 saturated heterocycles. The second-order valence-electron chi connectivity index (χ2n) is 7.29. The van der Waals surface area contributed by atoms with Crippen LogP contribution in [0.3, 0.4) is 0 Å². The first kappa shape index (κ1) is 16.6. The smallest absolute Gasteiger partial charge is 0.184 e. The van der Waals surface area contributed by atoms with E-state index in [1.54, 1.807) is 0 Å². The number of ether oxygens (including phenoxy) is 1. The number of nitriles is 1. The van der Waals surface area contributed by atoms with Crippen LogP contribution >= 0.6 is 0 Å². The molecule has 1 unspecified atom stereocenters. The molecule has 1 aromatic carbocycles. The lowest BCUT2D eigenvalue weighted by Crippen LogP contribution is -2.24. The third-order valence-corrected chi connectivity index (χ3v) is 3.40. The first-order valence-electron chi connectivity index (χ1n) is 7.35. The fourth-order valence-electron chi connectivity index (χ4n) is 2.78. The molecule has 2 heteroatoms. The molecule has 0 aromatic heterocycles. The monoisotopic (exact) mass is 273 g/mol. The fraction of sp³-hybridized carbons (Fsp3) is 0.611. The van der Waals surface area contributed by atoms with Gasteiger partial charge in [-0.3, -0.25) is 0 Å². The molecular formula is C18H27NO. The maximum absolute atomic E-state index is 8.92. The third kappa shape index (κ3) is 4.89. The van der Waals surface area contributed by atoms with Crippen LogP contribution in [0.4, 0.5) is 0 Å². The fourth-order valence-corrected chi connectivity index (χ4v) is 2.78. The van der Waals surface area contributed by atoms with Crippen molar-refractivity contribution in [2.45, 2.75) is 65.9 Å². The van der Waals surface area contributed by atoms with Crippen LogP contribution in [0.5, 0.6) is 5.75 Å². The minimum Gasteiger partial charge on any atom is -0.476 e. The molecule has 0 saturated carbocycles. The van der Waals surface area contributed by atoms with Gasteiger partial charge in [-0.2, -0.15) is 5.26 Å². The van der Waals surface area contributed by atoms with Crippen LogP contribution in [-0.2, 0) is 5.41 Å². The van der Waals surface area contributed by atoms with Crippen molar-refractivity contribution >= 4 is 0 Å². The molecule has 0 amide bonds. The first-order valence-corrected chi connectivity index (χ1v) is 7.35. The van der Waals surface area contributed by atoms with Crippen LogP contribution in [0.2, 0.25) is 0 Å². The topological polar surface area (TPSA) is 33.0 Å². The Kier molecular flexibility index (Phi) is 5.22. The van der Waals surface area contributed by atoms with Crippen LogP contribution in [0.15, 0.2) is 24.3 Å². The van der Waals surface area contributed by atoms with Crippen molar-refractivity contribution in [1.29, 1.82) is 5.26 Å². The summed E-state index contributed by atoms with van der Waals surface area (Å²) in [4.78, 5) is 0. The zero-order chi connectivity index (χ0) is 15.4. The Morgan fingerprint density at radius 3 is 2.05 bits per heavy atom.